The van der Waals surface area contributed by atoms with E-state index in [2.05, 4.69) is 0 Å². The number of benzene rings is 1. The van der Waals surface area contributed by atoms with E-state index in [0.717, 1.165) is 0 Å². The first-order valence-electron chi connectivity index (χ1n) is 3.62. The van der Waals surface area contributed by atoms with E-state index >= 15 is 0 Å². The second-order valence-corrected chi connectivity index (χ2v) is 3.35. The monoisotopic (exact) mass is 235 g/mol. The van der Waals surface area contributed by atoms with E-state index in [0.29, 0.717) is 11.2 Å². The molecule has 1 rings (SSSR count). The summed E-state index contributed by atoms with van der Waals surface area (Å²) in [5.74, 6) is 0. The fourth-order valence-corrected chi connectivity index (χ4v) is 0.746. The van der Waals surface area contributed by atoms with E-state index in [1.165, 1.54) is 0 Å². The summed E-state index contributed by atoms with van der Waals surface area (Å²) in [6, 6.07) is 6.63. The number of hydrogen-bond donors (Lipinski definition) is 5. The van der Waals surface area contributed by atoms with Crippen LogP contribution in [0.3, 0.4) is 0 Å². The molecular weight excluding hydrogens is 225 g/mol. The van der Waals surface area contributed by atoms with Gasteiger partial charge in [-0.25, -0.2) is 0 Å². The fraction of sp³-hybridized carbons (Fsp3) is 0. The minimum Gasteiger partial charge on any atom is -0.423 e. The van der Waals surface area contributed by atoms with Gasteiger partial charge < -0.3 is 15.8 Å². The van der Waals surface area contributed by atoms with Gasteiger partial charge in [0.1, 0.15) is 0 Å². The van der Waals surface area contributed by atoms with Crippen molar-refractivity contribution < 1.29 is 27.6 Å². The smallest absolute Gasteiger partial charge is 0.423 e. The summed E-state index contributed by atoms with van der Waals surface area (Å²) in [7, 11) is -6.14. The molecule has 0 unspecified atom stereocenters. The molecular formula is C6H10BNO6S. The average molecular weight is 235 g/mol. The van der Waals surface area contributed by atoms with Crippen LogP contribution in [0.15, 0.2) is 24.3 Å². The summed E-state index contributed by atoms with van der Waals surface area (Å²) in [6.07, 6.45) is 0. The average Bonchev–Trinajstić information content (AvgIpc) is 2.01. The van der Waals surface area contributed by atoms with Gasteiger partial charge in [-0.05, 0) is 6.07 Å². The van der Waals surface area contributed by atoms with Crippen LogP contribution in [0.1, 0.15) is 0 Å². The Labute approximate surface area is 86.9 Å². The number of hydrogen-bond acceptors (Lipinski definition) is 5. The molecule has 0 saturated carbocycles. The number of nitrogen functional groups attached to an aromatic ring is 1. The van der Waals surface area contributed by atoms with Crippen LogP contribution in [-0.4, -0.2) is 34.7 Å². The molecule has 0 fully saturated rings. The zero-order valence-corrected chi connectivity index (χ0v) is 8.29. The van der Waals surface area contributed by atoms with Gasteiger partial charge in [0.15, 0.2) is 0 Å². The summed E-state index contributed by atoms with van der Waals surface area (Å²) >= 11 is 0. The Morgan fingerprint density at radius 2 is 1.53 bits per heavy atom. The SMILES string of the molecule is Nc1ccccc1B(O)O.O=S(=O)(O)O. The lowest BCUT2D eigenvalue weighted by molar-refractivity contribution is 0.381. The minimum atomic E-state index is -4.67. The lowest BCUT2D eigenvalue weighted by Gasteiger charge is -2.01. The zero-order valence-electron chi connectivity index (χ0n) is 7.48. The summed E-state index contributed by atoms with van der Waals surface area (Å²) in [5.41, 5.74) is 6.15. The van der Waals surface area contributed by atoms with Gasteiger partial charge in [-0.2, -0.15) is 8.42 Å². The molecule has 84 valence electrons. The summed E-state index contributed by atoms with van der Waals surface area (Å²) < 4.78 is 31.6. The molecule has 0 saturated heterocycles. The Morgan fingerprint density at radius 3 is 1.80 bits per heavy atom. The first kappa shape index (κ1) is 13.9. The Hall–Kier alpha value is -1.13. The topological polar surface area (TPSA) is 141 Å². The number of para-hydroxylation sites is 1. The third-order valence-corrected chi connectivity index (χ3v) is 1.27. The van der Waals surface area contributed by atoms with Crippen LogP contribution in [-0.2, 0) is 10.4 Å². The maximum Gasteiger partial charge on any atom is 0.490 e. The summed E-state index contributed by atoms with van der Waals surface area (Å²) in [6.45, 7) is 0. The number of anilines is 1. The molecule has 6 N–H and O–H groups in total. The molecule has 0 aliphatic rings. The van der Waals surface area contributed by atoms with Crippen molar-refractivity contribution in [3.63, 3.8) is 0 Å². The molecule has 9 heteroatoms. The maximum atomic E-state index is 8.74. The van der Waals surface area contributed by atoms with Gasteiger partial charge >= 0.3 is 17.5 Å². The highest BCUT2D eigenvalue weighted by Gasteiger charge is 2.12. The van der Waals surface area contributed by atoms with E-state index in [-0.39, 0.29) is 0 Å². The van der Waals surface area contributed by atoms with Crippen LogP contribution in [0, 0.1) is 0 Å². The predicted octanol–water partition coefficient (Wildman–Crippen LogP) is -1.70. The first-order valence-corrected chi connectivity index (χ1v) is 5.02. The van der Waals surface area contributed by atoms with Gasteiger partial charge in [0.05, 0.1) is 0 Å². The van der Waals surface area contributed by atoms with Gasteiger partial charge in [-0.1, -0.05) is 18.2 Å². The highest BCUT2D eigenvalue weighted by atomic mass is 32.3. The third-order valence-electron chi connectivity index (χ3n) is 1.27. The normalized spacial score (nSPS) is 10.1. The molecule has 15 heavy (non-hydrogen) atoms. The molecule has 0 aromatic heterocycles. The highest BCUT2D eigenvalue weighted by molar-refractivity contribution is 7.79. The summed E-state index contributed by atoms with van der Waals surface area (Å²) in [5, 5.41) is 17.4. The molecule has 0 aliphatic heterocycles. The largest absolute Gasteiger partial charge is 0.490 e. The molecule has 1 aromatic rings. The minimum absolute atomic E-state index is 0.350. The van der Waals surface area contributed by atoms with Gasteiger partial charge in [0.2, 0.25) is 0 Å². The van der Waals surface area contributed by atoms with Crippen LogP contribution >= 0.6 is 0 Å². The molecule has 7 nitrogen and oxygen atoms in total. The van der Waals surface area contributed by atoms with Crippen molar-refractivity contribution in [2.24, 2.45) is 0 Å². The summed E-state index contributed by atoms with van der Waals surface area (Å²) in [4.78, 5) is 0. The quantitative estimate of drug-likeness (QED) is 0.222. The fourth-order valence-electron chi connectivity index (χ4n) is 0.746. The van der Waals surface area contributed by atoms with Gasteiger partial charge in [0, 0.05) is 11.2 Å². The van der Waals surface area contributed by atoms with Gasteiger partial charge in [-0.3, -0.25) is 9.11 Å². The second kappa shape index (κ2) is 5.68. The lowest BCUT2D eigenvalue weighted by Crippen LogP contribution is -2.31. The third kappa shape index (κ3) is 7.91. The molecule has 1 aromatic carbocycles. The molecule has 0 heterocycles. The van der Waals surface area contributed by atoms with Crippen molar-refractivity contribution in [1.82, 2.24) is 0 Å². The standard InChI is InChI=1S/C6H8BNO2.H2O4S/c8-6-4-2-1-3-5(6)7(9)10;1-5(2,3)4/h1-4,9-10H,8H2;(H2,1,2,3,4). The van der Waals surface area contributed by atoms with Crippen molar-refractivity contribution in [3.8, 4) is 0 Å². The van der Waals surface area contributed by atoms with E-state index < -0.39 is 17.5 Å². The van der Waals surface area contributed by atoms with Gasteiger partial charge in [0.25, 0.3) is 0 Å². The van der Waals surface area contributed by atoms with Crippen molar-refractivity contribution in [2.45, 2.75) is 0 Å². The second-order valence-electron chi connectivity index (χ2n) is 2.45. The molecule has 0 amide bonds. The number of rotatable bonds is 1. The van der Waals surface area contributed by atoms with Crippen molar-refractivity contribution in [1.29, 1.82) is 0 Å². The molecule has 0 radical (unpaired) electrons. The highest BCUT2D eigenvalue weighted by Crippen LogP contribution is 1.95. The molecule has 0 bridgehead atoms. The Bertz CT molecular complexity index is 398. The Balaban J connectivity index is 0.000000336. The number of nitrogens with two attached hydrogens (primary N) is 1. The predicted molar refractivity (Wildman–Crippen MR) is 54.9 cm³/mol. The maximum absolute atomic E-state index is 8.74. The molecule has 0 aliphatic carbocycles. The van der Waals surface area contributed by atoms with Crippen LogP contribution in [0.5, 0.6) is 0 Å². The molecule has 0 atom stereocenters. The lowest BCUT2D eigenvalue weighted by atomic mass is 9.79. The van der Waals surface area contributed by atoms with Crippen LogP contribution in [0.4, 0.5) is 5.69 Å². The Kier molecular flexibility index (Phi) is 5.26. The first-order chi connectivity index (χ1) is 6.72. The van der Waals surface area contributed by atoms with Crippen molar-refractivity contribution >= 4 is 28.7 Å². The van der Waals surface area contributed by atoms with Crippen molar-refractivity contribution in [2.75, 3.05) is 5.73 Å². The Morgan fingerprint density at radius 1 is 1.13 bits per heavy atom. The van der Waals surface area contributed by atoms with Crippen molar-refractivity contribution in [3.05, 3.63) is 24.3 Å². The zero-order chi connectivity index (χ0) is 12.1. The van der Waals surface area contributed by atoms with Crippen LogP contribution in [0.2, 0.25) is 0 Å². The van der Waals surface area contributed by atoms with E-state index in [1.54, 1.807) is 24.3 Å². The van der Waals surface area contributed by atoms with E-state index in [4.69, 9.17) is 33.3 Å². The molecule has 0 spiro atoms. The van der Waals surface area contributed by atoms with Crippen LogP contribution < -0.4 is 11.2 Å². The van der Waals surface area contributed by atoms with Crippen LogP contribution in [0.25, 0.3) is 0 Å². The van der Waals surface area contributed by atoms with Gasteiger partial charge in [-0.15, -0.1) is 0 Å². The van der Waals surface area contributed by atoms with E-state index in [9.17, 15) is 0 Å². The van der Waals surface area contributed by atoms with E-state index in [1.807, 2.05) is 0 Å².